The molecule has 0 spiro atoms. The first-order valence-electron chi connectivity index (χ1n) is 3.30. The summed E-state index contributed by atoms with van der Waals surface area (Å²) in [4.78, 5) is -0.368. The number of aliphatic hydroxyl groups is 2. The fourth-order valence-electron chi connectivity index (χ4n) is 0.595. The van der Waals surface area contributed by atoms with Crippen molar-refractivity contribution < 1.29 is 10.2 Å². The summed E-state index contributed by atoms with van der Waals surface area (Å²) in [6.45, 7) is 0. The van der Waals surface area contributed by atoms with Crippen molar-refractivity contribution in [1.82, 2.24) is 0 Å². The molecular formula is C6H10Br2Cl2O2. The Hall–Kier alpha value is 1.46. The van der Waals surface area contributed by atoms with E-state index >= 15 is 0 Å². The number of hydrogen-bond acceptors (Lipinski definition) is 2. The molecule has 0 aromatic rings. The fraction of sp³-hybridized carbons (Fsp3) is 1.00. The molecule has 2 N–H and O–H groups in total. The molecule has 0 aliphatic rings. The van der Waals surface area contributed by atoms with Gasteiger partial charge in [0.25, 0.3) is 0 Å². The standard InChI is InChI=1S/C6H10Br2Cl2O2/c7-1-3(11)5(8)6(10)4(12)2-9/h3-6,11-12H,1-2H2. The van der Waals surface area contributed by atoms with E-state index in [1.165, 1.54) is 0 Å². The van der Waals surface area contributed by atoms with Gasteiger partial charge in [0, 0.05) is 11.2 Å². The van der Waals surface area contributed by atoms with E-state index in [9.17, 15) is 10.2 Å². The van der Waals surface area contributed by atoms with Gasteiger partial charge in [-0.2, -0.15) is 0 Å². The molecule has 0 aromatic heterocycles. The second kappa shape index (κ2) is 6.85. The molecule has 0 aromatic carbocycles. The predicted molar refractivity (Wildman–Crippen MR) is 58.9 cm³/mol. The third-order valence-corrected chi connectivity index (χ3v) is 4.38. The van der Waals surface area contributed by atoms with Crippen molar-refractivity contribution in [1.29, 1.82) is 0 Å². The first-order valence-corrected chi connectivity index (χ1v) is 6.31. The Morgan fingerprint density at radius 3 is 2.08 bits per heavy atom. The molecule has 0 heterocycles. The van der Waals surface area contributed by atoms with Crippen LogP contribution in [0, 0.1) is 0 Å². The van der Waals surface area contributed by atoms with Crippen molar-refractivity contribution >= 4 is 55.1 Å². The molecule has 0 fully saturated rings. The lowest BCUT2D eigenvalue weighted by atomic mass is 10.1. The fourth-order valence-corrected chi connectivity index (χ4v) is 2.58. The minimum atomic E-state index is -0.814. The summed E-state index contributed by atoms with van der Waals surface area (Å²) in [7, 11) is 0. The van der Waals surface area contributed by atoms with Gasteiger partial charge in [0.05, 0.1) is 22.4 Å². The van der Waals surface area contributed by atoms with Crippen LogP contribution in [0.5, 0.6) is 0 Å². The second-order valence-electron chi connectivity index (χ2n) is 2.33. The Kier molecular flexibility index (Phi) is 7.68. The van der Waals surface area contributed by atoms with Gasteiger partial charge in [-0.1, -0.05) is 31.9 Å². The van der Waals surface area contributed by atoms with Crippen LogP contribution in [0.15, 0.2) is 0 Å². The van der Waals surface area contributed by atoms with Crippen LogP contribution in [-0.4, -0.2) is 43.8 Å². The van der Waals surface area contributed by atoms with Gasteiger partial charge in [-0.25, -0.2) is 0 Å². The Morgan fingerprint density at radius 1 is 1.25 bits per heavy atom. The number of aliphatic hydroxyl groups excluding tert-OH is 2. The van der Waals surface area contributed by atoms with E-state index in [1.54, 1.807) is 0 Å². The summed E-state index contributed by atoms with van der Waals surface area (Å²) >= 11 is 17.5. The van der Waals surface area contributed by atoms with E-state index in [4.69, 9.17) is 23.2 Å². The molecule has 2 nitrogen and oxygen atoms in total. The van der Waals surface area contributed by atoms with Crippen LogP contribution >= 0.6 is 55.1 Å². The van der Waals surface area contributed by atoms with E-state index < -0.39 is 17.6 Å². The summed E-state index contributed by atoms with van der Waals surface area (Å²) in [5.41, 5.74) is 0. The van der Waals surface area contributed by atoms with Crippen molar-refractivity contribution in [3.05, 3.63) is 0 Å². The molecule has 0 rings (SSSR count). The van der Waals surface area contributed by atoms with Crippen LogP contribution in [0.1, 0.15) is 0 Å². The highest BCUT2D eigenvalue weighted by molar-refractivity contribution is 9.10. The quantitative estimate of drug-likeness (QED) is 0.745. The Labute approximate surface area is 98.5 Å². The molecule has 12 heavy (non-hydrogen) atoms. The van der Waals surface area contributed by atoms with E-state index in [-0.39, 0.29) is 10.7 Å². The monoisotopic (exact) mass is 342 g/mol. The lowest BCUT2D eigenvalue weighted by Gasteiger charge is -2.23. The van der Waals surface area contributed by atoms with Gasteiger partial charge < -0.3 is 10.2 Å². The van der Waals surface area contributed by atoms with E-state index in [0.717, 1.165) is 0 Å². The van der Waals surface area contributed by atoms with Crippen molar-refractivity contribution in [2.75, 3.05) is 11.2 Å². The van der Waals surface area contributed by atoms with Gasteiger partial charge in [0.15, 0.2) is 0 Å². The molecule has 0 amide bonds. The summed E-state index contributed by atoms with van der Waals surface area (Å²) in [6, 6.07) is 0. The maximum absolute atomic E-state index is 9.31. The Bertz CT molecular complexity index is 114. The molecule has 74 valence electrons. The van der Waals surface area contributed by atoms with Crippen molar-refractivity contribution in [3.63, 3.8) is 0 Å². The minimum absolute atomic E-state index is 0.0608. The third kappa shape index (κ3) is 4.11. The van der Waals surface area contributed by atoms with Crippen LogP contribution in [-0.2, 0) is 0 Å². The molecule has 0 aliphatic heterocycles. The van der Waals surface area contributed by atoms with Crippen LogP contribution in [0.2, 0.25) is 0 Å². The lowest BCUT2D eigenvalue weighted by molar-refractivity contribution is 0.149. The molecule has 0 radical (unpaired) electrons. The smallest absolute Gasteiger partial charge is 0.0850 e. The third-order valence-electron chi connectivity index (χ3n) is 1.36. The van der Waals surface area contributed by atoms with Crippen molar-refractivity contribution in [2.24, 2.45) is 0 Å². The zero-order valence-corrected chi connectivity index (χ0v) is 10.8. The van der Waals surface area contributed by atoms with Crippen LogP contribution in [0.3, 0.4) is 0 Å². The van der Waals surface area contributed by atoms with E-state index in [1.807, 2.05) is 0 Å². The minimum Gasteiger partial charge on any atom is -0.391 e. The van der Waals surface area contributed by atoms with Gasteiger partial charge >= 0.3 is 0 Å². The molecule has 0 saturated carbocycles. The molecule has 4 unspecified atom stereocenters. The van der Waals surface area contributed by atoms with Gasteiger partial charge in [0.1, 0.15) is 0 Å². The Morgan fingerprint density at radius 2 is 1.75 bits per heavy atom. The molecule has 6 heteroatoms. The average Bonchev–Trinajstić information content (AvgIpc) is 2.12. The normalized spacial score (nSPS) is 21.5. The zero-order chi connectivity index (χ0) is 9.72. The van der Waals surface area contributed by atoms with Crippen LogP contribution in [0.25, 0.3) is 0 Å². The number of alkyl halides is 4. The topological polar surface area (TPSA) is 40.5 Å². The predicted octanol–water partition coefficient (Wildman–Crippen LogP) is 1.71. The van der Waals surface area contributed by atoms with Crippen LogP contribution in [0.4, 0.5) is 0 Å². The van der Waals surface area contributed by atoms with Gasteiger partial charge in [-0.05, 0) is 0 Å². The highest BCUT2D eigenvalue weighted by Gasteiger charge is 2.28. The zero-order valence-electron chi connectivity index (χ0n) is 6.13. The summed E-state index contributed by atoms with van der Waals surface area (Å²) in [6.07, 6.45) is -1.45. The van der Waals surface area contributed by atoms with Crippen molar-refractivity contribution in [2.45, 2.75) is 22.4 Å². The second-order valence-corrected chi connectivity index (χ2v) is 4.85. The molecule has 0 saturated heterocycles. The largest absolute Gasteiger partial charge is 0.391 e. The maximum Gasteiger partial charge on any atom is 0.0850 e. The van der Waals surface area contributed by atoms with E-state index in [0.29, 0.717) is 5.33 Å². The summed E-state index contributed by atoms with van der Waals surface area (Å²) < 4.78 is 0. The number of halogens is 4. The van der Waals surface area contributed by atoms with Crippen molar-refractivity contribution in [3.8, 4) is 0 Å². The highest BCUT2D eigenvalue weighted by atomic mass is 79.9. The highest BCUT2D eigenvalue weighted by Crippen LogP contribution is 2.21. The number of rotatable bonds is 5. The number of hydrogen-bond donors (Lipinski definition) is 2. The first kappa shape index (κ1) is 13.5. The molecule has 0 bridgehead atoms. The van der Waals surface area contributed by atoms with Gasteiger partial charge in [0.2, 0.25) is 0 Å². The van der Waals surface area contributed by atoms with E-state index in [2.05, 4.69) is 31.9 Å². The molecule has 4 atom stereocenters. The SMILES string of the molecule is OC(CCl)C(Cl)C(Br)C(O)CBr. The molecule has 0 aliphatic carbocycles. The first-order chi connectivity index (χ1) is 5.54. The van der Waals surface area contributed by atoms with Gasteiger partial charge in [-0.15, -0.1) is 23.2 Å². The summed E-state index contributed by atoms with van der Waals surface area (Å²) in [5.74, 6) is 0.0608. The maximum atomic E-state index is 9.31. The van der Waals surface area contributed by atoms with Gasteiger partial charge in [-0.3, -0.25) is 0 Å². The molecular weight excluding hydrogens is 335 g/mol. The summed E-state index contributed by atoms with van der Waals surface area (Å²) in [5, 5.41) is 18.3. The van der Waals surface area contributed by atoms with Crippen LogP contribution < -0.4 is 0 Å². The lowest BCUT2D eigenvalue weighted by Crippen LogP contribution is -2.38. The Balaban J connectivity index is 3.99. The average molecular weight is 345 g/mol.